The highest BCUT2D eigenvalue weighted by Crippen LogP contribution is 2.34. The second-order valence-corrected chi connectivity index (χ2v) is 12.4. The van der Waals surface area contributed by atoms with E-state index in [2.05, 4.69) is 226 Å². The molecule has 9 rings (SSSR count). The van der Waals surface area contributed by atoms with Gasteiger partial charge in [-0.05, 0) is 95.1 Å². The van der Waals surface area contributed by atoms with E-state index in [0.29, 0.717) is 0 Å². The van der Waals surface area contributed by atoms with E-state index in [0.717, 1.165) is 33.8 Å². The summed E-state index contributed by atoms with van der Waals surface area (Å²) in [5.74, 6) is 0. The number of rotatable bonds is 8. The van der Waals surface area contributed by atoms with Crippen LogP contribution in [0.25, 0.3) is 44.1 Å². The average molecular weight is 643 g/mol. The molecule has 4 nitrogen and oxygen atoms in total. The van der Waals surface area contributed by atoms with E-state index >= 15 is 0 Å². The molecule has 0 amide bonds. The molecule has 0 aliphatic carbocycles. The summed E-state index contributed by atoms with van der Waals surface area (Å²) in [7, 11) is 0. The molecule has 2 heterocycles. The first-order valence-corrected chi connectivity index (χ1v) is 16.9. The molecule has 0 atom stereocenters. The molecule has 0 saturated carbocycles. The van der Waals surface area contributed by atoms with Crippen LogP contribution in [-0.2, 0) is 0 Å². The van der Waals surface area contributed by atoms with Crippen molar-refractivity contribution in [1.82, 2.24) is 9.35 Å². The fraction of sp³-hybridized carbons (Fsp3) is 0. The van der Waals surface area contributed by atoms with Gasteiger partial charge in [0.05, 0.1) is 33.8 Å². The zero-order valence-electron chi connectivity index (χ0n) is 27.4. The third-order valence-corrected chi connectivity index (χ3v) is 9.37. The smallest absolute Gasteiger partial charge is 0.0702 e. The molecular formula is C46H34N4. The number of aromatic nitrogens is 2. The van der Waals surface area contributed by atoms with Gasteiger partial charge in [-0.15, -0.1) is 0 Å². The summed E-state index contributed by atoms with van der Waals surface area (Å²) in [5, 5.41) is 6.94. The minimum Gasteiger partial charge on any atom is -0.256 e. The highest BCUT2D eigenvalue weighted by Gasteiger charge is 2.16. The summed E-state index contributed by atoms with van der Waals surface area (Å²) in [4.78, 5) is 0. The lowest BCUT2D eigenvalue weighted by Gasteiger charge is -2.27. The number of hydrogen-bond donors (Lipinski definition) is 0. The molecule has 0 aliphatic heterocycles. The van der Waals surface area contributed by atoms with E-state index < -0.39 is 0 Å². The highest BCUT2D eigenvalue weighted by atomic mass is 15.6. The van der Waals surface area contributed by atoms with Gasteiger partial charge in [0.2, 0.25) is 0 Å². The lowest BCUT2D eigenvalue weighted by molar-refractivity contribution is 0.854. The molecule has 0 saturated heterocycles. The minimum absolute atomic E-state index is 1.09. The Morgan fingerprint density at radius 2 is 0.560 bits per heavy atom. The van der Waals surface area contributed by atoms with E-state index in [1.807, 2.05) is 0 Å². The first-order valence-electron chi connectivity index (χ1n) is 16.9. The predicted molar refractivity (Wildman–Crippen MR) is 209 cm³/mol. The van der Waals surface area contributed by atoms with Crippen LogP contribution in [0.2, 0.25) is 0 Å². The van der Waals surface area contributed by atoms with E-state index in [1.54, 1.807) is 0 Å². The second kappa shape index (κ2) is 12.7. The van der Waals surface area contributed by atoms with Gasteiger partial charge in [0.15, 0.2) is 0 Å². The molecule has 4 heteroatoms. The molecule has 0 bridgehead atoms. The first-order chi connectivity index (χ1) is 24.8. The molecule has 238 valence electrons. The van der Waals surface area contributed by atoms with Gasteiger partial charge in [-0.2, -0.15) is 0 Å². The molecule has 9 aromatic rings. The number of nitrogens with zero attached hydrogens (tertiary/aromatic N) is 4. The van der Waals surface area contributed by atoms with Crippen LogP contribution in [-0.4, -0.2) is 9.35 Å². The fourth-order valence-corrected chi connectivity index (χ4v) is 6.86. The zero-order valence-corrected chi connectivity index (χ0v) is 27.4. The molecule has 2 aromatic heterocycles. The standard InChI is InChI=1S/C46H34N4/c1-3-13-41(14-4-1)49(47-33-31-39-11-7-9-17-45(39)47)43-27-23-37(24-28-43)35-19-21-36(22-20-35)38-25-29-44(30-26-38)50(42-15-5-2-6-16-42)48-34-32-40-12-8-10-18-46(40)48/h1-34H. The van der Waals surface area contributed by atoms with Crippen LogP contribution in [0.15, 0.2) is 207 Å². The van der Waals surface area contributed by atoms with Gasteiger partial charge in [-0.25, -0.2) is 10.0 Å². The molecule has 0 N–H and O–H groups in total. The number of para-hydroxylation sites is 4. The first kappa shape index (κ1) is 29.4. The van der Waals surface area contributed by atoms with Crippen molar-refractivity contribution in [3.63, 3.8) is 0 Å². The molecule has 0 radical (unpaired) electrons. The van der Waals surface area contributed by atoms with Gasteiger partial charge in [0.25, 0.3) is 0 Å². The zero-order chi connectivity index (χ0) is 33.3. The second-order valence-electron chi connectivity index (χ2n) is 12.4. The van der Waals surface area contributed by atoms with Crippen molar-refractivity contribution in [3.8, 4) is 22.3 Å². The molecule has 7 aromatic carbocycles. The van der Waals surface area contributed by atoms with Crippen molar-refractivity contribution in [1.29, 1.82) is 0 Å². The molecule has 0 unspecified atom stereocenters. The van der Waals surface area contributed by atoms with Crippen LogP contribution in [0, 0.1) is 0 Å². The van der Waals surface area contributed by atoms with Crippen LogP contribution in [0.4, 0.5) is 22.7 Å². The number of fused-ring (bicyclic) bond motifs is 2. The number of hydrogen-bond acceptors (Lipinski definition) is 2. The largest absolute Gasteiger partial charge is 0.256 e. The van der Waals surface area contributed by atoms with Crippen molar-refractivity contribution >= 4 is 44.6 Å². The van der Waals surface area contributed by atoms with Gasteiger partial charge in [-0.3, -0.25) is 9.35 Å². The summed E-state index contributed by atoms with van der Waals surface area (Å²) in [5.41, 5.74) is 11.4. The SMILES string of the molecule is c1ccc(N(c2ccc(-c3ccc(-c4ccc(N(c5ccccc5)n5ccc6ccccc65)cc4)cc3)cc2)n2ccc3ccccc32)cc1. The quantitative estimate of drug-likeness (QED) is 0.164. The Labute approximate surface area is 291 Å². The van der Waals surface area contributed by atoms with Crippen LogP contribution in [0.3, 0.4) is 0 Å². The van der Waals surface area contributed by atoms with Gasteiger partial charge in [-0.1, -0.05) is 121 Å². The van der Waals surface area contributed by atoms with Gasteiger partial charge in [0, 0.05) is 23.2 Å². The number of benzene rings is 7. The average Bonchev–Trinajstić information content (AvgIpc) is 3.82. The third-order valence-electron chi connectivity index (χ3n) is 9.37. The van der Waals surface area contributed by atoms with E-state index in [-0.39, 0.29) is 0 Å². The Morgan fingerprint density at radius 1 is 0.260 bits per heavy atom. The molecule has 0 spiro atoms. The maximum atomic E-state index is 2.26. The Morgan fingerprint density at radius 3 is 0.940 bits per heavy atom. The van der Waals surface area contributed by atoms with E-state index in [4.69, 9.17) is 0 Å². The van der Waals surface area contributed by atoms with Crippen LogP contribution in [0.1, 0.15) is 0 Å². The fourth-order valence-electron chi connectivity index (χ4n) is 6.86. The molecule has 50 heavy (non-hydrogen) atoms. The van der Waals surface area contributed by atoms with Crippen molar-refractivity contribution in [3.05, 3.63) is 207 Å². The molecule has 0 aliphatic rings. The van der Waals surface area contributed by atoms with E-state index in [9.17, 15) is 0 Å². The molecule has 0 fully saturated rings. The van der Waals surface area contributed by atoms with Crippen molar-refractivity contribution in [2.75, 3.05) is 10.0 Å². The van der Waals surface area contributed by atoms with Crippen molar-refractivity contribution in [2.24, 2.45) is 0 Å². The summed E-state index contributed by atoms with van der Waals surface area (Å²) < 4.78 is 4.44. The summed E-state index contributed by atoms with van der Waals surface area (Å²) in [6.07, 6.45) is 4.27. The lowest BCUT2D eigenvalue weighted by Crippen LogP contribution is -2.23. The van der Waals surface area contributed by atoms with Gasteiger partial charge in [0.1, 0.15) is 0 Å². The third kappa shape index (κ3) is 5.39. The minimum atomic E-state index is 1.09. The van der Waals surface area contributed by atoms with Crippen molar-refractivity contribution in [2.45, 2.75) is 0 Å². The predicted octanol–water partition coefficient (Wildman–Crippen LogP) is 12.1. The van der Waals surface area contributed by atoms with Crippen LogP contribution in [0.5, 0.6) is 0 Å². The van der Waals surface area contributed by atoms with Gasteiger partial charge < -0.3 is 0 Å². The summed E-state index contributed by atoms with van der Waals surface area (Å²) in [6.45, 7) is 0. The van der Waals surface area contributed by atoms with E-state index in [1.165, 1.54) is 33.0 Å². The highest BCUT2D eigenvalue weighted by molar-refractivity contribution is 5.84. The maximum Gasteiger partial charge on any atom is 0.0702 e. The Kier molecular flexibility index (Phi) is 7.45. The Bertz CT molecular complexity index is 2330. The van der Waals surface area contributed by atoms with Crippen molar-refractivity contribution < 1.29 is 0 Å². The normalized spacial score (nSPS) is 11.2. The summed E-state index contributed by atoms with van der Waals surface area (Å²) in [6, 6.07) is 68.9. The Balaban J connectivity index is 0.990. The monoisotopic (exact) mass is 642 g/mol. The van der Waals surface area contributed by atoms with Gasteiger partial charge >= 0.3 is 0 Å². The Hall–Kier alpha value is -6.78. The number of anilines is 4. The topological polar surface area (TPSA) is 16.3 Å². The van der Waals surface area contributed by atoms with Crippen LogP contribution >= 0.6 is 0 Å². The maximum absolute atomic E-state index is 2.26. The summed E-state index contributed by atoms with van der Waals surface area (Å²) >= 11 is 0. The lowest BCUT2D eigenvalue weighted by atomic mass is 10.00. The van der Waals surface area contributed by atoms with Crippen LogP contribution < -0.4 is 10.0 Å². The molecular weight excluding hydrogens is 609 g/mol.